The third-order valence-corrected chi connectivity index (χ3v) is 2.93. The highest BCUT2D eigenvalue weighted by molar-refractivity contribution is 14.1. The highest BCUT2D eigenvalue weighted by Gasteiger charge is 2.11. The minimum atomic E-state index is -0.928. The standard InChI is InChI=1S/C6HF2IN2.C6H2F2N2/c7-3-2-11-4(1-10)5(8)6(3)9;7-4-1-5(8)6(2-9)10-3-4/h2H;1,3H. The molecular formula is C12H3F4IN4. The summed E-state index contributed by atoms with van der Waals surface area (Å²) >= 11 is 1.48. The Morgan fingerprint density at radius 1 is 0.905 bits per heavy atom. The van der Waals surface area contributed by atoms with Crippen molar-refractivity contribution in [2.24, 2.45) is 0 Å². The molecule has 0 spiro atoms. The van der Waals surface area contributed by atoms with Gasteiger partial charge in [-0.25, -0.2) is 27.5 Å². The lowest BCUT2D eigenvalue weighted by molar-refractivity contribution is 0.557. The van der Waals surface area contributed by atoms with Crippen LogP contribution in [0.3, 0.4) is 0 Å². The number of aromatic nitrogens is 2. The summed E-state index contributed by atoms with van der Waals surface area (Å²) in [5.74, 6) is -3.35. The minimum Gasteiger partial charge on any atom is -0.240 e. The van der Waals surface area contributed by atoms with Crippen molar-refractivity contribution in [3.05, 3.63) is 56.7 Å². The van der Waals surface area contributed by atoms with E-state index in [1.807, 2.05) is 0 Å². The fraction of sp³-hybridized carbons (Fsp3) is 0. The zero-order valence-corrected chi connectivity index (χ0v) is 12.1. The molecule has 106 valence electrons. The van der Waals surface area contributed by atoms with E-state index >= 15 is 0 Å². The molecule has 2 aromatic heterocycles. The first-order valence-electron chi connectivity index (χ1n) is 5.01. The van der Waals surface area contributed by atoms with Crippen LogP contribution in [0.25, 0.3) is 0 Å². The van der Waals surface area contributed by atoms with Crippen LogP contribution >= 0.6 is 22.6 Å². The number of nitriles is 2. The molecule has 0 atom stereocenters. The Bertz CT molecular complexity index is 752. The molecule has 0 unspecified atom stereocenters. The van der Waals surface area contributed by atoms with Crippen LogP contribution in [0, 0.1) is 49.5 Å². The lowest BCUT2D eigenvalue weighted by Crippen LogP contribution is -1.95. The monoisotopic (exact) mass is 406 g/mol. The number of rotatable bonds is 0. The quantitative estimate of drug-likeness (QED) is 0.498. The molecule has 0 radical (unpaired) electrons. The molecule has 4 nitrogen and oxygen atoms in total. The van der Waals surface area contributed by atoms with Crippen molar-refractivity contribution in [1.82, 2.24) is 9.97 Å². The van der Waals surface area contributed by atoms with Crippen molar-refractivity contribution in [3.63, 3.8) is 0 Å². The van der Waals surface area contributed by atoms with Gasteiger partial charge in [-0.3, -0.25) is 0 Å². The van der Waals surface area contributed by atoms with Gasteiger partial charge in [0, 0.05) is 6.07 Å². The van der Waals surface area contributed by atoms with Crippen LogP contribution in [-0.2, 0) is 0 Å². The fourth-order valence-corrected chi connectivity index (χ4v) is 1.41. The molecule has 9 heteroatoms. The Hall–Kier alpha value is -2.27. The van der Waals surface area contributed by atoms with Gasteiger partial charge in [-0.15, -0.1) is 0 Å². The van der Waals surface area contributed by atoms with Gasteiger partial charge < -0.3 is 0 Å². The minimum absolute atomic E-state index is 0.200. The Balaban J connectivity index is 0.000000211. The summed E-state index contributed by atoms with van der Waals surface area (Å²) in [7, 11) is 0. The van der Waals surface area contributed by atoms with E-state index in [0.29, 0.717) is 6.07 Å². The van der Waals surface area contributed by atoms with Gasteiger partial charge in [-0.2, -0.15) is 10.5 Å². The van der Waals surface area contributed by atoms with Gasteiger partial charge in [0.1, 0.15) is 18.0 Å². The number of nitrogens with zero attached hydrogens (tertiary/aromatic N) is 4. The normalized spacial score (nSPS) is 9.10. The first-order valence-corrected chi connectivity index (χ1v) is 6.09. The molecule has 0 saturated carbocycles. The van der Waals surface area contributed by atoms with Crippen molar-refractivity contribution in [1.29, 1.82) is 10.5 Å². The summed E-state index contributed by atoms with van der Waals surface area (Å²) in [6, 6.07) is 3.59. The van der Waals surface area contributed by atoms with Gasteiger partial charge >= 0.3 is 0 Å². The van der Waals surface area contributed by atoms with E-state index in [1.54, 1.807) is 0 Å². The molecule has 0 aliphatic heterocycles. The van der Waals surface area contributed by atoms with Gasteiger partial charge in [0.25, 0.3) is 0 Å². The zero-order chi connectivity index (χ0) is 16.0. The van der Waals surface area contributed by atoms with Crippen molar-refractivity contribution in [2.75, 3.05) is 0 Å². The maximum absolute atomic E-state index is 12.7. The maximum atomic E-state index is 12.7. The number of halogens is 5. The second kappa shape index (κ2) is 7.50. The summed E-state index contributed by atoms with van der Waals surface area (Å²) in [4.78, 5) is 6.43. The van der Waals surface area contributed by atoms with E-state index in [9.17, 15) is 17.6 Å². The summed E-state index contributed by atoms with van der Waals surface area (Å²) in [5, 5.41) is 16.4. The first kappa shape index (κ1) is 16.8. The van der Waals surface area contributed by atoms with Crippen molar-refractivity contribution < 1.29 is 17.6 Å². The van der Waals surface area contributed by atoms with Crippen LogP contribution in [0.5, 0.6) is 0 Å². The Labute approximate surface area is 129 Å². The molecule has 0 aliphatic carbocycles. The average molecular weight is 406 g/mol. The highest BCUT2D eigenvalue weighted by Crippen LogP contribution is 2.15. The third-order valence-electron chi connectivity index (χ3n) is 1.94. The maximum Gasteiger partial charge on any atom is 0.177 e. The fourth-order valence-electron chi connectivity index (χ4n) is 1.02. The van der Waals surface area contributed by atoms with Crippen LogP contribution in [0.4, 0.5) is 17.6 Å². The molecule has 0 bridgehead atoms. The predicted octanol–water partition coefficient (Wildman–Crippen LogP) is 3.07. The highest BCUT2D eigenvalue weighted by atomic mass is 127. The molecule has 0 fully saturated rings. The van der Waals surface area contributed by atoms with E-state index in [-0.39, 0.29) is 15.0 Å². The van der Waals surface area contributed by atoms with Crippen molar-refractivity contribution in [2.45, 2.75) is 0 Å². The van der Waals surface area contributed by atoms with E-state index in [2.05, 4.69) is 9.97 Å². The largest absolute Gasteiger partial charge is 0.240 e. The number of hydrogen-bond donors (Lipinski definition) is 0. The van der Waals surface area contributed by atoms with E-state index in [4.69, 9.17) is 10.5 Å². The summed E-state index contributed by atoms with van der Waals surface area (Å²) in [6.07, 6.45) is 1.62. The molecule has 0 N–H and O–H groups in total. The predicted molar refractivity (Wildman–Crippen MR) is 70.5 cm³/mol. The molecule has 2 rings (SSSR count). The summed E-state index contributed by atoms with van der Waals surface area (Å²) in [5.41, 5.74) is -0.766. The zero-order valence-electron chi connectivity index (χ0n) is 9.91. The SMILES string of the molecule is N#Cc1ncc(F)c(I)c1F.N#Cc1ncc(F)cc1F. The van der Waals surface area contributed by atoms with Crippen molar-refractivity contribution >= 4 is 22.6 Å². The smallest absolute Gasteiger partial charge is 0.177 e. The molecule has 0 aliphatic rings. The summed E-state index contributed by atoms with van der Waals surface area (Å²) in [6.45, 7) is 0. The van der Waals surface area contributed by atoms with Gasteiger partial charge in [-0.1, -0.05) is 0 Å². The van der Waals surface area contributed by atoms with Gasteiger partial charge in [0.2, 0.25) is 0 Å². The number of pyridine rings is 2. The molecule has 21 heavy (non-hydrogen) atoms. The van der Waals surface area contributed by atoms with E-state index in [0.717, 1.165) is 12.4 Å². The topological polar surface area (TPSA) is 73.4 Å². The third kappa shape index (κ3) is 4.36. The summed E-state index contributed by atoms with van der Waals surface area (Å²) < 4.78 is 49.4. The second-order valence-electron chi connectivity index (χ2n) is 3.29. The molecular weight excluding hydrogens is 403 g/mol. The van der Waals surface area contributed by atoms with Crippen LogP contribution in [0.1, 0.15) is 11.4 Å². The molecule has 0 saturated heterocycles. The molecule has 2 aromatic rings. The molecule has 0 aromatic carbocycles. The van der Waals surface area contributed by atoms with E-state index in [1.165, 1.54) is 34.7 Å². The van der Waals surface area contributed by atoms with Crippen LogP contribution in [0.15, 0.2) is 18.5 Å². The van der Waals surface area contributed by atoms with Gasteiger partial charge in [0.05, 0.1) is 16.0 Å². The van der Waals surface area contributed by atoms with Gasteiger partial charge in [0.15, 0.2) is 28.8 Å². The lowest BCUT2D eigenvalue weighted by atomic mass is 10.3. The second-order valence-corrected chi connectivity index (χ2v) is 4.37. The van der Waals surface area contributed by atoms with Crippen LogP contribution in [0.2, 0.25) is 0 Å². The number of hydrogen-bond acceptors (Lipinski definition) is 4. The Kier molecular flexibility index (Phi) is 5.99. The Morgan fingerprint density at radius 3 is 2.00 bits per heavy atom. The van der Waals surface area contributed by atoms with Crippen LogP contribution < -0.4 is 0 Å². The molecule has 2 heterocycles. The lowest BCUT2D eigenvalue weighted by Gasteiger charge is -1.95. The molecule has 0 amide bonds. The van der Waals surface area contributed by atoms with Crippen molar-refractivity contribution in [3.8, 4) is 12.1 Å². The first-order chi connectivity index (χ1) is 9.90. The van der Waals surface area contributed by atoms with Crippen LogP contribution in [-0.4, -0.2) is 9.97 Å². The average Bonchev–Trinajstić information content (AvgIpc) is 2.46. The Morgan fingerprint density at radius 2 is 1.48 bits per heavy atom. The van der Waals surface area contributed by atoms with E-state index < -0.39 is 23.3 Å². The van der Waals surface area contributed by atoms with Gasteiger partial charge in [-0.05, 0) is 22.6 Å².